The molecule has 0 aliphatic rings. The van der Waals surface area contributed by atoms with E-state index in [1.165, 1.54) is 27.2 Å². The van der Waals surface area contributed by atoms with Crippen molar-refractivity contribution in [3.63, 3.8) is 0 Å². The summed E-state index contributed by atoms with van der Waals surface area (Å²) in [5.41, 5.74) is 0.650. The Morgan fingerprint density at radius 3 is 3.11 bits per heavy atom. The molecule has 19 heavy (non-hydrogen) atoms. The fourth-order valence-corrected chi connectivity index (χ4v) is 2.49. The molecule has 0 N–H and O–H groups in total. The summed E-state index contributed by atoms with van der Waals surface area (Å²) >= 11 is 1.33. The first-order valence-corrected chi connectivity index (χ1v) is 6.47. The Morgan fingerprint density at radius 1 is 1.68 bits per heavy atom. The fraction of sp³-hybridized carbons (Fsp3) is 0.364. The number of tetrazole rings is 1. The van der Waals surface area contributed by atoms with Gasteiger partial charge in [-0.25, -0.2) is 0 Å². The smallest absolute Gasteiger partial charge is 0.265 e. The molecule has 98 valence electrons. The predicted octanol–water partition coefficient (Wildman–Crippen LogP) is 0.955. The Kier molecular flexibility index (Phi) is 3.87. The zero-order valence-electron chi connectivity index (χ0n) is 10.5. The predicted molar refractivity (Wildman–Crippen MR) is 68.8 cm³/mol. The standard InChI is InChI=1S/C11H12N6OS/c1-8(5-12)6-16(2)11(18)10-9(3-4-19-10)17-7-13-14-15-17/h3-4,7-8H,6H2,1-2H3/t8-/m1/s1. The first-order valence-electron chi connectivity index (χ1n) is 5.59. The third-order valence-electron chi connectivity index (χ3n) is 2.55. The summed E-state index contributed by atoms with van der Waals surface area (Å²) in [7, 11) is 1.68. The Labute approximate surface area is 114 Å². The SMILES string of the molecule is C[C@H](C#N)CN(C)C(=O)c1sccc1-n1cnnn1. The molecule has 0 saturated heterocycles. The van der Waals surface area contributed by atoms with Gasteiger partial charge in [0.15, 0.2) is 0 Å². The van der Waals surface area contributed by atoms with Crippen LogP contribution in [0.5, 0.6) is 0 Å². The van der Waals surface area contributed by atoms with Crippen LogP contribution in [-0.4, -0.2) is 44.6 Å². The molecule has 1 amide bonds. The molecular formula is C11H12N6OS. The second-order valence-electron chi connectivity index (χ2n) is 4.11. The lowest BCUT2D eigenvalue weighted by atomic mass is 10.2. The fourth-order valence-electron chi connectivity index (χ4n) is 1.62. The maximum atomic E-state index is 12.3. The molecule has 2 rings (SSSR count). The van der Waals surface area contributed by atoms with Crippen molar-refractivity contribution in [1.29, 1.82) is 5.26 Å². The van der Waals surface area contributed by atoms with Crippen LogP contribution >= 0.6 is 11.3 Å². The van der Waals surface area contributed by atoms with Crippen LogP contribution in [0.4, 0.5) is 0 Å². The van der Waals surface area contributed by atoms with Gasteiger partial charge in [-0.05, 0) is 28.8 Å². The quantitative estimate of drug-likeness (QED) is 0.829. The third kappa shape index (κ3) is 2.77. The molecule has 8 heteroatoms. The van der Waals surface area contributed by atoms with Crippen LogP contribution in [-0.2, 0) is 0 Å². The average Bonchev–Trinajstić information content (AvgIpc) is 3.07. The lowest BCUT2D eigenvalue weighted by Crippen LogP contribution is -2.30. The number of carbonyl (C=O) groups is 1. The van der Waals surface area contributed by atoms with E-state index in [4.69, 9.17) is 5.26 Å². The molecule has 0 aliphatic carbocycles. The van der Waals surface area contributed by atoms with E-state index in [0.29, 0.717) is 17.1 Å². The molecule has 0 fully saturated rings. The van der Waals surface area contributed by atoms with Crippen molar-refractivity contribution < 1.29 is 4.79 Å². The highest BCUT2D eigenvalue weighted by Crippen LogP contribution is 2.21. The average molecular weight is 276 g/mol. The highest BCUT2D eigenvalue weighted by atomic mass is 32.1. The number of hydrogen-bond acceptors (Lipinski definition) is 6. The van der Waals surface area contributed by atoms with Gasteiger partial charge in [0, 0.05) is 13.6 Å². The first-order chi connectivity index (χ1) is 9.13. The number of aromatic nitrogens is 4. The van der Waals surface area contributed by atoms with Crippen LogP contribution in [0.2, 0.25) is 0 Å². The van der Waals surface area contributed by atoms with Gasteiger partial charge in [-0.1, -0.05) is 0 Å². The summed E-state index contributed by atoms with van der Waals surface area (Å²) < 4.78 is 1.45. The van der Waals surface area contributed by atoms with Gasteiger partial charge in [0.05, 0.1) is 17.7 Å². The Morgan fingerprint density at radius 2 is 2.47 bits per heavy atom. The van der Waals surface area contributed by atoms with Gasteiger partial charge in [0.1, 0.15) is 11.2 Å². The largest absolute Gasteiger partial charge is 0.340 e. The Hall–Kier alpha value is -2.27. The Bertz CT molecular complexity index is 599. The van der Waals surface area contributed by atoms with Crippen LogP contribution in [0.3, 0.4) is 0 Å². The lowest BCUT2D eigenvalue weighted by Gasteiger charge is -2.18. The summed E-state index contributed by atoms with van der Waals surface area (Å²) in [5.74, 6) is -0.340. The monoisotopic (exact) mass is 276 g/mol. The molecule has 0 radical (unpaired) electrons. The van der Waals surface area contributed by atoms with E-state index in [-0.39, 0.29) is 11.8 Å². The van der Waals surface area contributed by atoms with Gasteiger partial charge in [0.2, 0.25) is 0 Å². The van der Waals surface area contributed by atoms with Gasteiger partial charge >= 0.3 is 0 Å². The van der Waals surface area contributed by atoms with E-state index in [1.807, 2.05) is 5.38 Å². The molecule has 2 aromatic rings. The van der Waals surface area contributed by atoms with Crippen LogP contribution in [0.15, 0.2) is 17.8 Å². The van der Waals surface area contributed by atoms with Crippen molar-refractivity contribution in [3.8, 4) is 11.8 Å². The van der Waals surface area contributed by atoms with E-state index in [0.717, 1.165) is 0 Å². The topological polar surface area (TPSA) is 87.7 Å². The number of hydrogen-bond donors (Lipinski definition) is 0. The van der Waals surface area contributed by atoms with Crippen molar-refractivity contribution >= 4 is 17.2 Å². The molecule has 1 atom stereocenters. The molecule has 0 saturated carbocycles. The van der Waals surface area contributed by atoms with Gasteiger partial charge in [-0.15, -0.1) is 16.4 Å². The second kappa shape index (κ2) is 5.58. The number of rotatable bonds is 4. The van der Waals surface area contributed by atoms with Crippen molar-refractivity contribution in [1.82, 2.24) is 25.1 Å². The summed E-state index contributed by atoms with van der Waals surface area (Å²) in [4.78, 5) is 14.4. The second-order valence-corrected chi connectivity index (χ2v) is 5.02. The van der Waals surface area contributed by atoms with E-state index in [2.05, 4.69) is 21.6 Å². The molecule has 0 aromatic carbocycles. The van der Waals surface area contributed by atoms with Crippen molar-refractivity contribution in [2.24, 2.45) is 5.92 Å². The van der Waals surface area contributed by atoms with Crippen molar-refractivity contribution in [3.05, 3.63) is 22.7 Å². The molecule has 2 heterocycles. The summed E-state index contributed by atoms with van der Waals surface area (Å²) in [5, 5.41) is 21.5. The van der Waals surface area contributed by atoms with Gasteiger partial charge in [-0.2, -0.15) is 9.94 Å². The van der Waals surface area contributed by atoms with E-state index >= 15 is 0 Å². The lowest BCUT2D eigenvalue weighted by molar-refractivity contribution is 0.0789. The summed E-state index contributed by atoms with van der Waals surface area (Å²) in [6, 6.07) is 3.90. The van der Waals surface area contributed by atoms with Crippen LogP contribution in [0, 0.1) is 17.2 Å². The van der Waals surface area contributed by atoms with Gasteiger partial charge < -0.3 is 4.90 Å². The van der Waals surface area contributed by atoms with Crippen molar-refractivity contribution in [2.75, 3.05) is 13.6 Å². The Balaban J connectivity index is 2.21. The highest BCUT2D eigenvalue weighted by Gasteiger charge is 2.20. The minimum absolute atomic E-state index is 0.136. The minimum Gasteiger partial charge on any atom is -0.340 e. The maximum Gasteiger partial charge on any atom is 0.265 e. The van der Waals surface area contributed by atoms with Gasteiger partial charge in [0.25, 0.3) is 5.91 Å². The molecular weight excluding hydrogens is 264 g/mol. The van der Waals surface area contributed by atoms with Crippen LogP contribution in [0.1, 0.15) is 16.6 Å². The normalized spacial score (nSPS) is 11.8. The molecule has 7 nitrogen and oxygen atoms in total. The molecule has 0 aliphatic heterocycles. The third-order valence-corrected chi connectivity index (χ3v) is 3.44. The molecule has 0 unspecified atom stereocenters. The molecule has 2 aromatic heterocycles. The number of nitrogens with zero attached hydrogens (tertiary/aromatic N) is 6. The van der Waals surface area contributed by atoms with E-state index in [1.54, 1.807) is 20.0 Å². The zero-order valence-corrected chi connectivity index (χ0v) is 11.3. The minimum atomic E-state index is -0.203. The number of carbonyl (C=O) groups excluding carboxylic acids is 1. The van der Waals surface area contributed by atoms with E-state index < -0.39 is 0 Å². The molecule has 0 spiro atoms. The van der Waals surface area contributed by atoms with Crippen molar-refractivity contribution in [2.45, 2.75) is 6.92 Å². The zero-order chi connectivity index (χ0) is 13.8. The number of thiophene rings is 1. The number of amides is 1. The van der Waals surface area contributed by atoms with Crippen LogP contribution in [0.25, 0.3) is 5.69 Å². The first kappa shape index (κ1) is 13.2. The summed E-state index contributed by atoms with van der Waals surface area (Å²) in [6.45, 7) is 2.17. The summed E-state index contributed by atoms with van der Waals surface area (Å²) in [6.07, 6.45) is 1.44. The van der Waals surface area contributed by atoms with E-state index in [9.17, 15) is 4.79 Å². The highest BCUT2D eigenvalue weighted by molar-refractivity contribution is 7.12. The number of nitriles is 1. The van der Waals surface area contributed by atoms with Crippen LogP contribution < -0.4 is 0 Å². The van der Waals surface area contributed by atoms with Gasteiger partial charge in [-0.3, -0.25) is 4.79 Å². The maximum absolute atomic E-state index is 12.3. The molecule has 0 bridgehead atoms.